The normalized spacial score (nSPS) is 14.2. The molecule has 0 radical (unpaired) electrons. The van der Waals surface area contributed by atoms with Crippen LogP contribution < -0.4 is 5.32 Å². The quantitative estimate of drug-likeness (QED) is 0.373. The molecular weight excluding hydrogens is 397 g/mol. The summed E-state index contributed by atoms with van der Waals surface area (Å²) in [6.45, 7) is 3.50. The first-order valence-corrected chi connectivity index (χ1v) is 8.10. The van der Waals surface area contributed by atoms with Crippen LogP contribution in [0.1, 0.15) is 31.9 Å². The van der Waals surface area contributed by atoms with E-state index >= 15 is 0 Å². The van der Waals surface area contributed by atoms with Gasteiger partial charge in [0.2, 0.25) is 0 Å². The molecule has 0 aliphatic rings. The number of oxime groups is 1. The number of nitrogens with zero attached hydrogens (tertiary/aromatic N) is 1. The molecule has 1 unspecified atom stereocenters. The molecule has 0 saturated carbocycles. The highest BCUT2D eigenvalue weighted by Gasteiger charge is 2.37. The lowest BCUT2D eigenvalue weighted by Gasteiger charge is -2.15. The summed E-state index contributed by atoms with van der Waals surface area (Å²) < 4.78 is 89.5. The van der Waals surface area contributed by atoms with Crippen LogP contribution in [0.2, 0.25) is 0 Å². The molecule has 11 heteroatoms. The molecule has 1 aromatic rings. The van der Waals surface area contributed by atoms with Gasteiger partial charge in [0.05, 0.1) is 23.5 Å². The first kappa shape index (κ1) is 23.7. The van der Waals surface area contributed by atoms with Crippen molar-refractivity contribution in [1.82, 2.24) is 0 Å². The number of alkyl halides is 7. The van der Waals surface area contributed by atoms with Crippen molar-refractivity contribution >= 4 is 17.3 Å². The fourth-order valence-corrected chi connectivity index (χ4v) is 2.23. The lowest BCUT2D eigenvalue weighted by Crippen LogP contribution is -2.22. The van der Waals surface area contributed by atoms with Crippen LogP contribution in [-0.2, 0) is 22.0 Å². The van der Waals surface area contributed by atoms with Gasteiger partial charge in [-0.05, 0) is 24.1 Å². The standard InChI is InChI=1S/C17H19F7N2O2/c1-9(2)15(10(3)7-18)26-28-8-14(27)25-13-5-11(16(19,20)21)4-12(6-13)17(22,23)24/h4-6,9-10H,7-8H2,1-3H3,(H,25,27)/b26-15+. The Morgan fingerprint density at radius 3 is 1.93 bits per heavy atom. The number of rotatable bonds is 7. The summed E-state index contributed by atoms with van der Waals surface area (Å²) in [5.74, 6) is -1.78. The minimum atomic E-state index is -5.03. The van der Waals surface area contributed by atoms with Crippen LogP contribution in [0, 0.1) is 11.8 Å². The minimum Gasteiger partial charge on any atom is -0.386 e. The highest BCUT2D eigenvalue weighted by molar-refractivity contribution is 5.92. The van der Waals surface area contributed by atoms with Gasteiger partial charge in [-0.15, -0.1) is 0 Å². The van der Waals surface area contributed by atoms with Gasteiger partial charge < -0.3 is 10.2 Å². The van der Waals surface area contributed by atoms with Crippen LogP contribution >= 0.6 is 0 Å². The Hall–Kier alpha value is -2.33. The van der Waals surface area contributed by atoms with Crippen LogP contribution in [0.5, 0.6) is 0 Å². The maximum absolute atomic E-state index is 12.8. The summed E-state index contributed by atoms with van der Waals surface area (Å²) in [6.07, 6.45) is -10.1. The molecule has 0 saturated heterocycles. The van der Waals surface area contributed by atoms with E-state index in [9.17, 15) is 35.5 Å². The molecule has 0 heterocycles. The summed E-state index contributed by atoms with van der Waals surface area (Å²) in [5, 5.41) is 5.55. The van der Waals surface area contributed by atoms with Crippen molar-refractivity contribution < 1.29 is 40.4 Å². The van der Waals surface area contributed by atoms with Crippen LogP contribution in [-0.4, -0.2) is 24.9 Å². The second-order valence-corrected chi connectivity index (χ2v) is 6.34. The molecule has 1 aromatic carbocycles. The lowest BCUT2D eigenvalue weighted by molar-refractivity contribution is -0.143. The second-order valence-electron chi connectivity index (χ2n) is 6.34. The van der Waals surface area contributed by atoms with Gasteiger partial charge in [-0.2, -0.15) is 26.3 Å². The monoisotopic (exact) mass is 416 g/mol. The van der Waals surface area contributed by atoms with Gasteiger partial charge in [-0.3, -0.25) is 9.18 Å². The van der Waals surface area contributed by atoms with Crippen molar-refractivity contribution in [2.75, 3.05) is 18.6 Å². The first-order valence-electron chi connectivity index (χ1n) is 8.10. The average Bonchev–Trinajstić information content (AvgIpc) is 2.55. The van der Waals surface area contributed by atoms with Crippen LogP contribution in [0.3, 0.4) is 0 Å². The fourth-order valence-electron chi connectivity index (χ4n) is 2.23. The molecule has 0 spiro atoms. The molecule has 0 aromatic heterocycles. The maximum Gasteiger partial charge on any atom is 0.416 e. The van der Waals surface area contributed by atoms with Crippen LogP contribution in [0.4, 0.5) is 36.4 Å². The number of carbonyl (C=O) groups is 1. The molecule has 1 N–H and O–H groups in total. The molecule has 0 bridgehead atoms. The van der Waals surface area contributed by atoms with E-state index in [0.717, 1.165) is 0 Å². The third kappa shape index (κ3) is 7.01. The molecule has 1 rings (SSSR count). The van der Waals surface area contributed by atoms with Gasteiger partial charge in [0.1, 0.15) is 0 Å². The number of carbonyl (C=O) groups excluding carboxylic acids is 1. The van der Waals surface area contributed by atoms with Gasteiger partial charge in [0.25, 0.3) is 5.91 Å². The Labute approximate surface area is 156 Å². The van der Waals surface area contributed by atoms with E-state index in [2.05, 4.69) is 5.16 Å². The smallest absolute Gasteiger partial charge is 0.386 e. The lowest BCUT2D eigenvalue weighted by atomic mass is 9.97. The Kier molecular flexibility index (Phi) is 7.83. The molecule has 158 valence electrons. The van der Waals surface area contributed by atoms with Crippen LogP contribution in [0.15, 0.2) is 23.4 Å². The van der Waals surface area contributed by atoms with E-state index in [4.69, 9.17) is 4.84 Å². The fraction of sp³-hybridized carbons (Fsp3) is 0.529. The number of hydrogen-bond donors (Lipinski definition) is 1. The van der Waals surface area contributed by atoms with Crippen molar-refractivity contribution in [3.05, 3.63) is 29.3 Å². The van der Waals surface area contributed by atoms with Gasteiger partial charge in [-0.25, -0.2) is 0 Å². The van der Waals surface area contributed by atoms with Crippen molar-refractivity contribution in [3.63, 3.8) is 0 Å². The zero-order chi connectivity index (χ0) is 21.7. The van der Waals surface area contributed by atoms with Crippen molar-refractivity contribution in [2.45, 2.75) is 33.1 Å². The molecule has 1 atom stereocenters. The van der Waals surface area contributed by atoms with Gasteiger partial charge >= 0.3 is 12.4 Å². The molecule has 4 nitrogen and oxygen atoms in total. The third-order valence-corrected chi connectivity index (χ3v) is 3.56. The number of amides is 1. The van der Waals surface area contributed by atoms with Crippen molar-refractivity contribution in [1.29, 1.82) is 0 Å². The largest absolute Gasteiger partial charge is 0.416 e. The molecule has 0 aliphatic carbocycles. The average molecular weight is 416 g/mol. The van der Waals surface area contributed by atoms with E-state index in [1.165, 1.54) is 0 Å². The molecule has 0 fully saturated rings. The molecule has 0 aliphatic heterocycles. The Bertz CT molecular complexity index is 680. The molecule has 28 heavy (non-hydrogen) atoms. The molecule has 1 amide bonds. The van der Waals surface area contributed by atoms with E-state index < -0.39 is 54.3 Å². The van der Waals surface area contributed by atoms with Crippen LogP contribution in [0.25, 0.3) is 0 Å². The minimum absolute atomic E-state index is 0.0519. The summed E-state index contributed by atoms with van der Waals surface area (Å²) in [5.41, 5.74) is -3.49. The predicted octanol–water partition coefficient (Wildman–Crippen LogP) is 5.30. The van der Waals surface area contributed by atoms with Gasteiger partial charge in [0.15, 0.2) is 6.61 Å². The van der Waals surface area contributed by atoms with E-state index in [1.54, 1.807) is 20.8 Å². The Balaban J connectivity index is 2.94. The van der Waals surface area contributed by atoms with E-state index in [1.807, 2.05) is 5.32 Å². The van der Waals surface area contributed by atoms with E-state index in [-0.39, 0.29) is 12.0 Å². The summed E-state index contributed by atoms with van der Waals surface area (Å²) in [6, 6.07) is 0.700. The number of anilines is 1. The highest BCUT2D eigenvalue weighted by atomic mass is 19.4. The second kappa shape index (κ2) is 9.24. The SMILES string of the molecule is CC(C)/C(=N\OCC(=O)Nc1cc(C(F)(F)F)cc(C(F)(F)F)c1)C(C)CF. The topological polar surface area (TPSA) is 50.7 Å². The number of halogens is 7. The third-order valence-electron chi connectivity index (χ3n) is 3.56. The highest BCUT2D eigenvalue weighted by Crippen LogP contribution is 2.37. The number of nitrogens with one attached hydrogen (secondary N) is 1. The zero-order valence-corrected chi connectivity index (χ0v) is 15.2. The summed E-state index contributed by atoms with van der Waals surface area (Å²) in [7, 11) is 0. The maximum atomic E-state index is 12.8. The first-order chi connectivity index (χ1) is 12.8. The van der Waals surface area contributed by atoms with Crippen molar-refractivity contribution in [2.24, 2.45) is 17.0 Å². The zero-order valence-electron chi connectivity index (χ0n) is 15.2. The van der Waals surface area contributed by atoms with Crippen molar-refractivity contribution in [3.8, 4) is 0 Å². The number of benzene rings is 1. The molecular formula is C17H19F7N2O2. The van der Waals surface area contributed by atoms with E-state index in [0.29, 0.717) is 17.8 Å². The predicted molar refractivity (Wildman–Crippen MR) is 88.4 cm³/mol. The van der Waals surface area contributed by atoms with Gasteiger partial charge in [0, 0.05) is 11.6 Å². The van der Waals surface area contributed by atoms with Gasteiger partial charge in [-0.1, -0.05) is 25.9 Å². The summed E-state index contributed by atoms with van der Waals surface area (Å²) in [4.78, 5) is 16.6. The summed E-state index contributed by atoms with van der Waals surface area (Å²) >= 11 is 0. The Morgan fingerprint density at radius 1 is 1.04 bits per heavy atom. The Morgan fingerprint density at radius 2 is 1.54 bits per heavy atom. The number of hydrogen-bond acceptors (Lipinski definition) is 3.